The fourth-order valence-corrected chi connectivity index (χ4v) is 2.84. The van der Waals surface area contributed by atoms with Gasteiger partial charge in [-0.3, -0.25) is 4.79 Å². The van der Waals surface area contributed by atoms with Gasteiger partial charge in [0.05, 0.1) is 7.11 Å². The molecule has 0 radical (unpaired) electrons. The lowest BCUT2D eigenvalue weighted by Crippen LogP contribution is -2.50. The highest BCUT2D eigenvalue weighted by atomic mass is 16.5. The quantitative estimate of drug-likeness (QED) is 0.495. The van der Waals surface area contributed by atoms with Gasteiger partial charge in [0.2, 0.25) is 0 Å². The monoisotopic (exact) mass is 285 g/mol. The lowest BCUT2D eigenvalue weighted by atomic mass is 9.96. The predicted octanol–water partition coefficient (Wildman–Crippen LogP) is 2.90. The summed E-state index contributed by atoms with van der Waals surface area (Å²) in [6.07, 6.45) is 7.99. The van der Waals surface area contributed by atoms with E-state index in [0.717, 1.165) is 44.9 Å². The third kappa shape index (κ3) is 5.80. The highest BCUT2D eigenvalue weighted by Gasteiger charge is 2.32. The molecule has 0 spiro atoms. The summed E-state index contributed by atoms with van der Waals surface area (Å²) < 4.78 is 10.7. The van der Waals surface area contributed by atoms with E-state index in [2.05, 4.69) is 12.2 Å². The zero-order valence-corrected chi connectivity index (χ0v) is 13.4. The summed E-state index contributed by atoms with van der Waals surface area (Å²) in [6.45, 7) is 6.46. The zero-order valence-electron chi connectivity index (χ0n) is 13.4. The average Bonchev–Trinajstić information content (AvgIpc) is 2.97. The molecule has 0 amide bonds. The fourth-order valence-electron chi connectivity index (χ4n) is 2.84. The summed E-state index contributed by atoms with van der Waals surface area (Å²) in [5.74, 6) is 0.585. The molecule has 0 aromatic heterocycles. The molecule has 1 rings (SSSR count). The minimum Gasteiger partial charge on any atom is -0.468 e. The first-order valence-electron chi connectivity index (χ1n) is 8.03. The molecule has 1 saturated carbocycles. The van der Waals surface area contributed by atoms with Gasteiger partial charge in [0.25, 0.3) is 0 Å². The Morgan fingerprint density at radius 2 is 2.05 bits per heavy atom. The van der Waals surface area contributed by atoms with E-state index in [9.17, 15) is 4.79 Å². The summed E-state index contributed by atoms with van der Waals surface area (Å²) in [5, 5.41) is 3.30. The molecule has 1 fully saturated rings. The number of rotatable bonds is 10. The molecule has 1 N–H and O–H groups in total. The topological polar surface area (TPSA) is 47.6 Å². The molecule has 1 unspecified atom stereocenters. The molecule has 0 heterocycles. The minimum absolute atomic E-state index is 0.179. The van der Waals surface area contributed by atoms with Crippen molar-refractivity contribution in [2.45, 2.75) is 64.3 Å². The van der Waals surface area contributed by atoms with Crippen molar-refractivity contribution in [3.05, 3.63) is 0 Å². The van der Waals surface area contributed by atoms with Crippen LogP contribution in [0.1, 0.15) is 58.8 Å². The van der Waals surface area contributed by atoms with Gasteiger partial charge < -0.3 is 14.8 Å². The van der Waals surface area contributed by atoms with E-state index in [1.807, 2.05) is 6.92 Å². The van der Waals surface area contributed by atoms with E-state index < -0.39 is 5.54 Å². The van der Waals surface area contributed by atoms with Gasteiger partial charge in [-0.25, -0.2) is 0 Å². The molecule has 0 bridgehead atoms. The van der Waals surface area contributed by atoms with Crippen LogP contribution in [0.25, 0.3) is 0 Å². The number of hydrogen-bond acceptors (Lipinski definition) is 4. The second-order valence-corrected chi connectivity index (χ2v) is 6.08. The van der Waals surface area contributed by atoms with E-state index in [4.69, 9.17) is 9.47 Å². The van der Waals surface area contributed by atoms with Crippen molar-refractivity contribution in [2.75, 3.05) is 26.9 Å². The van der Waals surface area contributed by atoms with Crippen LogP contribution in [0.4, 0.5) is 0 Å². The van der Waals surface area contributed by atoms with Crippen molar-refractivity contribution < 1.29 is 14.3 Å². The molecule has 20 heavy (non-hydrogen) atoms. The summed E-state index contributed by atoms with van der Waals surface area (Å²) in [5.41, 5.74) is -0.582. The number of methoxy groups -OCH3 is 1. The molecule has 0 aliphatic heterocycles. The lowest BCUT2D eigenvalue weighted by Gasteiger charge is -2.28. The number of carbonyl (C=O) groups is 1. The number of nitrogens with one attached hydrogen (secondary N) is 1. The van der Waals surface area contributed by atoms with E-state index in [1.165, 1.54) is 32.8 Å². The Hall–Kier alpha value is -0.610. The summed E-state index contributed by atoms with van der Waals surface area (Å²) in [6, 6.07) is 0. The van der Waals surface area contributed by atoms with Gasteiger partial charge in [0.1, 0.15) is 5.54 Å². The smallest absolute Gasteiger partial charge is 0.325 e. The fraction of sp³-hybridized carbons (Fsp3) is 0.938. The molecule has 1 aliphatic rings. The van der Waals surface area contributed by atoms with Crippen LogP contribution in [0.2, 0.25) is 0 Å². The minimum atomic E-state index is -0.582. The maximum atomic E-state index is 11.9. The van der Waals surface area contributed by atoms with Crippen LogP contribution < -0.4 is 5.32 Å². The predicted molar refractivity (Wildman–Crippen MR) is 80.7 cm³/mol. The highest BCUT2D eigenvalue weighted by molar-refractivity contribution is 5.80. The maximum Gasteiger partial charge on any atom is 0.325 e. The Morgan fingerprint density at radius 1 is 1.35 bits per heavy atom. The van der Waals surface area contributed by atoms with Crippen LogP contribution >= 0.6 is 0 Å². The van der Waals surface area contributed by atoms with Crippen molar-refractivity contribution in [1.82, 2.24) is 5.32 Å². The van der Waals surface area contributed by atoms with Gasteiger partial charge in [-0.15, -0.1) is 0 Å². The van der Waals surface area contributed by atoms with Crippen LogP contribution in [0.3, 0.4) is 0 Å². The summed E-state index contributed by atoms with van der Waals surface area (Å²) >= 11 is 0. The molecule has 0 saturated heterocycles. The van der Waals surface area contributed by atoms with Crippen molar-refractivity contribution in [3.63, 3.8) is 0 Å². The third-order valence-corrected chi connectivity index (χ3v) is 4.19. The number of hydrogen-bond donors (Lipinski definition) is 1. The lowest BCUT2D eigenvalue weighted by molar-refractivity contribution is -0.148. The molecule has 0 aromatic rings. The first-order valence-corrected chi connectivity index (χ1v) is 8.03. The van der Waals surface area contributed by atoms with Gasteiger partial charge >= 0.3 is 5.97 Å². The van der Waals surface area contributed by atoms with Crippen molar-refractivity contribution in [1.29, 1.82) is 0 Å². The van der Waals surface area contributed by atoms with Crippen LogP contribution in [0.15, 0.2) is 0 Å². The van der Waals surface area contributed by atoms with E-state index in [-0.39, 0.29) is 5.97 Å². The molecular weight excluding hydrogens is 254 g/mol. The second-order valence-electron chi connectivity index (χ2n) is 6.08. The van der Waals surface area contributed by atoms with Gasteiger partial charge in [-0.2, -0.15) is 0 Å². The zero-order chi connectivity index (χ0) is 14.8. The molecule has 0 aromatic carbocycles. The molecule has 1 aliphatic carbocycles. The molecular formula is C16H31NO3. The first kappa shape index (κ1) is 17.4. The molecule has 1 atom stereocenters. The Bertz CT molecular complexity index is 277. The van der Waals surface area contributed by atoms with E-state index in [1.54, 1.807) is 0 Å². The number of ether oxygens (including phenoxy) is 2. The Labute approximate surface area is 123 Å². The number of esters is 1. The van der Waals surface area contributed by atoms with Crippen LogP contribution in [-0.2, 0) is 14.3 Å². The average molecular weight is 285 g/mol. The van der Waals surface area contributed by atoms with E-state index in [0.29, 0.717) is 0 Å². The SMILES string of the molecule is CCCNC(C)(CCCOCC1CCCC1)C(=O)OC. The van der Waals surface area contributed by atoms with Crippen LogP contribution in [0, 0.1) is 5.92 Å². The Balaban J connectivity index is 2.21. The van der Waals surface area contributed by atoms with Crippen molar-refractivity contribution >= 4 is 5.97 Å². The van der Waals surface area contributed by atoms with Gasteiger partial charge in [0.15, 0.2) is 0 Å². The van der Waals surface area contributed by atoms with Crippen LogP contribution in [0.5, 0.6) is 0 Å². The standard InChI is InChI=1S/C16H31NO3/c1-4-11-17-16(2,15(18)19-3)10-7-12-20-13-14-8-5-6-9-14/h14,17H,4-13H2,1-3H3. The van der Waals surface area contributed by atoms with E-state index >= 15 is 0 Å². The van der Waals surface area contributed by atoms with Gasteiger partial charge in [-0.1, -0.05) is 19.8 Å². The third-order valence-electron chi connectivity index (χ3n) is 4.19. The second kappa shape index (κ2) is 9.35. The molecule has 4 heteroatoms. The van der Waals surface area contributed by atoms with Gasteiger partial charge in [-0.05, 0) is 51.5 Å². The maximum absolute atomic E-state index is 11.9. The Morgan fingerprint density at radius 3 is 2.65 bits per heavy atom. The normalized spacial score (nSPS) is 18.9. The van der Waals surface area contributed by atoms with Crippen molar-refractivity contribution in [3.8, 4) is 0 Å². The number of carbonyl (C=O) groups excluding carboxylic acids is 1. The van der Waals surface area contributed by atoms with Crippen molar-refractivity contribution in [2.24, 2.45) is 5.92 Å². The molecule has 4 nitrogen and oxygen atoms in total. The van der Waals surface area contributed by atoms with Crippen LogP contribution in [-0.4, -0.2) is 38.4 Å². The Kier molecular flexibility index (Phi) is 8.15. The summed E-state index contributed by atoms with van der Waals surface area (Å²) in [7, 11) is 1.45. The molecule has 118 valence electrons. The first-order chi connectivity index (χ1) is 9.62. The highest BCUT2D eigenvalue weighted by Crippen LogP contribution is 2.24. The largest absolute Gasteiger partial charge is 0.468 e. The summed E-state index contributed by atoms with van der Waals surface area (Å²) in [4.78, 5) is 11.9. The van der Waals surface area contributed by atoms with Gasteiger partial charge in [0, 0.05) is 13.2 Å².